The van der Waals surface area contributed by atoms with Crippen molar-refractivity contribution < 1.29 is 19.1 Å². The number of fused-ring (bicyclic) bond motifs is 1. The van der Waals surface area contributed by atoms with E-state index in [-0.39, 0.29) is 36.3 Å². The second-order valence-electron chi connectivity index (χ2n) is 11.8. The molecule has 0 unspecified atom stereocenters. The number of morpholine rings is 1. The number of carbonyl (C=O) groups is 2. The van der Waals surface area contributed by atoms with Gasteiger partial charge in [0.25, 0.3) is 5.91 Å². The van der Waals surface area contributed by atoms with Gasteiger partial charge in [-0.05, 0) is 62.8 Å². The van der Waals surface area contributed by atoms with E-state index in [9.17, 15) is 14.4 Å². The standard InChI is InChI=1S/C33H37ClN6O5/c1-21-28(15-24(34)16-35-21)32(42)37-25-9-7-23(8-10-25)18-39-29-5-3-4-6-30(29)40(33(39)43)26-11-12-31(36-17-26)45-20-27-19-38(22(2)41)13-14-44-27/h3-6,11-12,15-17,23,25,27H,7-10,13-14,18-20H2,1-2H3,(H,37,42)/t23-,25-,27-/m1/s1. The largest absolute Gasteiger partial charge is 0.475 e. The zero-order valence-electron chi connectivity index (χ0n) is 25.4. The van der Waals surface area contributed by atoms with Crippen LogP contribution in [0.5, 0.6) is 5.88 Å². The highest BCUT2D eigenvalue weighted by atomic mass is 35.5. The van der Waals surface area contributed by atoms with E-state index in [1.54, 1.807) is 41.6 Å². The molecule has 236 valence electrons. The topological polar surface area (TPSA) is 121 Å². The van der Waals surface area contributed by atoms with Gasteiger partial charge in [0.15, 0.2) is 0 Å². The number of para-hydroxylation sites is 2. The summed E-state index contributed by atoms with van der Waals surface area (Å²) in [5.41, 5.74) is 3.35. The number of nitrogens with one attached hydrogen (secondary N) is 1. The second kappa shape index (κ2) is 13.4. The number of amides is 2. The number of pyridine rings is 2. The Labute approximate surface area is 266 Å². The Morgan fingerprint density at radius 2 is 1.84 bits per heavy atom. The van der Waals surface area contributed by atoms with Gasteiger partial charge in [0.1, 0.15) is 12.7 Å². The Morgan fingerprint density at radius 3 is 2.58 bits per heavy atom. The smallest absolute Gasteiger partial charge is 0.333 e. The molecule has 2 amide bonds. The number of aryl methyl sites for hydroxylation is 1. The highest BCUT2D eigenvalue weighted by molar-refractivity contribution is 6.30. The number of imidazole rings is 1. The van der Waals surface area contributed by atoms with Crippen molar-refractivity contribution >= 4 is 34.4 Å². The minimum absolute atomic E-state index is 0.0227. The van der Waals surface area contributed by atoms with Gasteiger partial charge >= 0.3 is 5.69 Å². The molecule has 2 fully saturated rings. The lowest BCUT2D eigenvalue weighted by Gasteiger charge is -2.31. The average Bonchev–Trinajstić information content (AvgIpc) is 3.33. The molecule has 1 aliphatic heterocycles. The van der Waals surface area contributed by atoms with Gasteiger partial charge in [0, 0.05) is 38.3 Å². The molecule has 2 aliphatic rings. The fourth-order valence-electron chi connectivity index (χ4n) is 6.26. The molecular formula is C33H37ClN6O5. The minimum atomic E-state index is -0.222. The van der Waals surface area contributed by atoms with E-state index in [0.717, 1.165) is 36.7 Å². The van der Waals surface area contributed by atoms with Crippen LogP contribution in [0.3, 0.4) is 0 Å². The molecular weight excluding hydrogens is 596 g/mol. The van der Waals surface area contributed by atoms with Gasteiger partial charge in [-0.1, -0.05) is 23.7 Å². The van der Waals surface area contributed by atoms with E-state index in [1.165, 1.54) is 6.20 Å². The molecule has 0 spiro atoms. The van der Waals surface area contributed by atoms with Crippen LogP contribution in [-0.4, -0.2) is 74.3 Å². The van der Waals surface area contributed by atoms with Crippen LogP contribution in [0.15, 0.2) is 59.7 Å². The number of aromatic nitrogens is 4. The molecule has 4 heterocycles. The number of halogens is 1. The summed E-state index contributed by atoms with van der Waals surface area (Å²) in [6.45, 7) is 5.77. The van der Waals surface area contributed by atoms with Gasteiger partial charge < -0.3 is 19.7 Å². The predicted molar refractivity (Wildman–Crippen MR) is 170 cm³/mol. The monoisotopic (exact) mass is 632 g/mol. The highest BCUT2D eigenvalue weighted by Gasteiger charge is 2.26. The van der Waals surface area contributed by atoms with Crippen molar-refractivity contribution in [2.24, 2.45) is 5.92 Å². The molecule has 1 saturated carbocycles. The van der Waals surface area contributed by atoms with E-state index < -0.39 is 0 Å². The van der Waals surface area contributed by atoms with Gasteiger partial charge in [-0.25, -0.2) is 9.78 Å². The normalized spacial score (nSPS) is 20.2. The van der Waals surface area contributed by atoms with Gasteiger partial charge in [-0.3, -0.25) is 23.7 Å². The van der Waals surface area contributed by atoms with Crippen LogP contribution in [0.4, 0.5) is 0 Å². The van der Waals surface area contributed by atoms with E-state index in [1.807, 2.05) is 34.9 Å². The van der Waals surface area contributed by atoms with E-state index in [2.05, 4.69) is 15.3 Å². The molecule has 3 aromatic heterocycles. The van der Waals surface area contributed by atoms with Crippen molar-refractivity contribution in [3.63, 3.8) is 0 Å². The number of hydrogen-bond acceptors (Lipinski definition) is 7. The minimum Gasteiger partial charge on any atom is -0.475 e. The molecule has 1 aliphatic carbocycles. The number of ether oxygens (including phenoxy) is 2. The molecule has 11 nitrogen and oxygen atoms in total. The number of hydrogen-bond donors (Lipinski definition) is 1. The molecule has 1 saturated heterocycles. The molecule has 6 rings (SSSR count). The Bertz CT molecular complexity index is 1740. The first kappa shape index (κ1) is 30.8. The summed E-state index contributed by atoms with van der Waals surface area (Å²) in [4.78, 5) is 48.8. The molecule has 12 heteroatoms. The van der Waals surface area contributed by atoms with Gasteiger partial charge in [-0.15, -0.1) is 0 Å². The van der Waals surface area contributed by atoms with Crippen LogP contribution < -0.4 is 15.7 Å². The molecule has 0 bridgehead atoms. The number of rotatable bonds is 8. The maximum Gasteiger partial charge on any atom is 0.333 e. The Balaban J connectivity index is 1.10. The van der Waals surface area contributed by atoms with Crippen LogP contribution in [0.1, 0.15) is 48.7 Å². The predicted octanol–water partition coefficient (Wildman–Crippen LogP) is 4.16. The van der Waals surface area contributed by atoms with Crippen molar-refractivity contribution in [2.75, 3.05) is 26.3 Å². The lowest BCUT2D eigenvalue weighted by molar-refractivity contribution is -0.137. The van der Waals surface area contributed by atoms with E-state index in [4.69, 9.17) is 21.1 Å². The molecule has 4 aromatic rings. The Kier molecular flexibility index (Phi) is 9.18. The zero-order chi connectivity index (χ0) is 31.5. The first-order valence-corrected chi connectivity index (χ1v) is 15.7. The third kappa shape index (κ3) is 6.89. The van der Waals surface area contributed by atoms with Crippen molar-refractivity contribution in [1.82, 2.24) is 29.3 Å². The Hall–Kier alpha value is -4.22. The third-order valence-electron chi connectivity index (χ3n) is 8.74. The van der Waals surface area contributed by atoms with Gasteiger partial charge in [-0.2, -0.15) is 0 Å². The quantitative estimate of drug-likeness (QED) is 0.310. The summed E-state index contributed by atoms with van der Waals surface area (Å²) in [6.07, 6.45) is 6.42. The van der Waals surface area contributed by atoms with E-state index >= 15 is 0 Å². The molecule has 1 aromatic carbocycles. The fourth-order valence-corrected chi connectivity index (χ4v) is 6.41. The summed E-state index contributed by atoms with van der Waals surface area (Å²) >= 11 is 6.06. The van der Waals surface area contributed by atoms with Crippen molar-refractivity contribution in [1.29, 1.82) is 0 Å². The summed E-state index contributed by atoms with van der Waals surface area (Å²) in [6, 6.07) is 13.1. The second-order valence-corrected chi connectivity index (χ2v) is 12.3. The summed E-state index contributed by atoms with van der Waals surface area (Å²) in [5.74, 6) is 0.593. The molecule has 1 atom stereocenters. The number of benzene rings is 1. The number of carbonyl (C=O) groups excluding carboxylic acids is 2. The summed E-state index contributed by atoms with van der Waals surface area (Å²) in [5, 5.41) is 3.58. The maximum atomic E-state index is 13.8. The van der Waals surface area contributed by atoms with Gasteiger partial charge in [0.05, 0.1) is 52.3 Å². The first-order valence-electron chi connectivity index (χ1n) is 15.4. The van der Waals surface area contributed by atoms with Crippen LogP contribution in [0.25, 0.3) is 16.7 Å². The number of nitrogens with zero attached hydrogens (tertiary/aromatic N) is 5. The highest BCUT2D eigenvalue weighted by Crippen LogP contribution is 2.28. The molecule has 0 radical (unpaired) electrons. The van der Waals surface area contributed by atoms with Crippen LogP contribution in [-0.2, 0) is 16.1 Å². The van der Waals surface area contributed by atoms with Crippen LogP contribution in [0.2, 0.25) is 5.02 Å². The lowest BCUT2D eigenvalue weighted by atomic mass is 9.85. The average molecular weight is 633 g/mol. The van der Waals surface area contributed by atoms with Crippen LogP contribution in [0, 0.1) is 12.8 Å². The van der Waals surface area contributed by atoms with Crippen molar-refractivity contribution in [3.8, 4) is 11.6 Å². The van der Waals surface area contributed by atoms with Crippen molar-refractivity contribution in [2.45, 2.75) is 58.2 Å². The Morgan fingerprint density at radius 1 is 1.07 bits per heavy atom. The summed E-state index contributed by atoms with van der Waals surface area (Å²) < 4.78 is 15.1. The van der Waals surface area contributed by atoms with Gasteiger partial charge in [0.2, 0.25) is 11.8 Å². The fraction of sp³-hybridized carbons (Fsp3) is 0.424. The van der Waals surface area contributed by atoms with E-state index in [0.29, 0.717) is 60.0 Å². The van der Waals surface area contributed by atoms with Crippen LogP contribution >= 0.6 is 11.6 Å². The SMILES string of the molecule is CC(=O)N1CCO[C@@H](COc2ccc(-n3c(=O)n(C[C@H]4CC[C@H](NC(=O)c5cc(Cl)cnc5C)CC4)c4ccccc43)cn2)C1. The zero-order valence-corrected chi connectivity index (χ0v) is 26.2. The molecule has 45 heavy (non-hydrogen) atoms. The first-order chi connectivity index (χ1) is 21.8. The molecule has 1 N–H and O–H groups in total. The lowest BCUT2D eigenvalue weighted by Crippen LogP contribution is -2.46. The maximum absolute atomic E-state index is 13.8. The third-order valence-corrected chi connectivity index (χ3v) is 8.94. The summed E-state index contributed by atoms with van der Waals surface area (Å²) in [7, 11) is 0. The van der Waals surface area contributed by atoms with Crippen molar-refractivity contribution in [3.05, 3.63) is 81.6 Å².